The molecule has 2 fully saturated rings. The third kappa shape index (κ3) is 3.44. The fourth-order valence-electron chi connectivity index (χ4n) is 2.70. The number of hydrogen-bond donors (Lipinski definition) is 1. The molecule has 3 heteroatoms. The van der Waals surface area contributed by atoms with Crippen molar-refractivity contribution in [2.45, 2.75) is 38.8 Å². The van der Waals surface area contributed by atoms with Crippen LogP contribution in [-0.2, 0) is 4.74 Å². The monoisotopic (exact) mass is 212 g/mol. The molecule has 0 saturated carbocycles. The summed E-state index contributed by atoms with van der Waals surface area (Å²) < 4.78 is 5.72. The molecule has 2 atom stereocenters. The molecule has 0 aromatic carbocycles. The van der Waals surface area contributed by atoms with Gasteiger partial charge in [0.1, 0.15) is 6.23 Å². The van der Waals surface area contributed by atoms with Gasteiger partial charge in [0.2, 0.25) is 0 Å². The Balaban J connectivity index is 1.72. The Labute approximate surface area is 93.2 Å². The number of piperidine rings is 1. The average Bonchev–Trinajstić information content (AvgIpc) is 2.31. The van der Waals surface area contributed by atoms with Crippen LogP contribution in [0, 0.1) is 5.92 Å². The third-order valence-electron chi connectivity index (χ3n) is 3.61. The van der Waals surface area contributed by atoms with Crippen LogP contribution in [-0.4, -0.2) is 43.9 Å². The van der Waals surface area contributed by atoms with E-state index in [9.17, 15) is 0 Å². The molecule has 88 valence electrons. The van der Waals surface area contributed by atoms with E-state index < -0.39 is 0 Å². The molecular formula is C12H24N2O. The Morgan fingerprint density at radius 1 is 1.40 bits per heavy atom. The van der Waals surface area contributed by atoms with Crippen molar-refractivity contribution in [1.82, 2.24) is 10.2 Å². The van der Waals surface area contributed by atoms with Crippen molar-refractivity contribution in [2.24, 2.45) is 5.92 Å². The van der Waals surface area contributed by atoms with Crippen LogP contribution in [0.2, 0.25) is 0 Å². The van der Waals surface area contributed by atoms with E-state index in [-0.39, 0.29) is 0 Å². The first-order valence-corrected chi connectivity index (χ1v) is 6.46. The summed E-state index contributed by atoms with van der Waals surface area (Å²) in [6.07, 6.45) is 5.46. The lowest BCUT2D eigenvalue weighted by atomic mass is 9.94. The van der Waals surface area contributed by atoms with Gasteiger partial charge in [-0.1, -0.05) is 6.92 Å². The van der Waals surface area contributed by atoms with Crippen molar-refractivity contribution in [2.75, 3.05) is 32.8 Å². The maximum atomic E-state index is 5.72. The number of ether oxygens (including phenoxy) is 1. The van der Waals surface area contributed by atoms with Crippen molar-refractivity contribution >= 4 is 0 Å². The molecule has 0 aromatic rings. The molecule has 0 aliphatic carbocycles. The van der Waals surface area contributed by atoms with Gasteiger partial charge in [-0.25, -0.2) is 0 Å². The largest absolute Gasteiger partial charge is 0.363 e. The lowest BCUT2D eigenvalue weighted by molar-refractivity contribution is -0.0200. The van der Waals surface area contributed by atoms with E-state index >= 15 is 0 Å². The first kappa shape index (κ1) is 11.4. The van der Waals surface area contributed by atoms with Gasteiger partial charge in [0.05, 0.1) is 0 Å². The number of rotatable bonds is 3. The van der Waals surface area contributed by atoms with Gasteiger partial charge in [-0.05, 0) is 51.2 Å². The lowest BCUT2D eigenvalue weighted by Crippen LogP contribution is -2.43. The fourth-order valence-corrected chi connectivity index (χ4v) is 2.70. The highest BCUT2D eigenvalue weighted by Crippen LogP contribution is 2.21. The molecule has 0 spiro atoms. The third-order valence-corrected chi connectivity index (χ3v) is 3.61. The van der Waals surface area contributed by atoms with Gasteiger partial charge in [0.15, 0.2) is 0 Å². The number of nitrogens with zero attached hydrogens (tertiary/aromatic N) is 1. The molecule has 15 heavy (non-hydrogen) atoms. The molecule has 2 saturated heterocycles. The zero-order valence-electron chi connectivity index (χ0n) is 9.87. The van der Waals surface area contributed by atoms with Crippen molar-refractivity contribution in [3.8, 4) is 0 Å². The van der Waals surface area contributed by atoms with Gasteiger partial charge in [0.25, 0.3) is 0 Å². The Morgan fingerprint density at radius 3 is 3.07 bits per heavy atom. The fraction of sp³-hybridized carbons (Fsp3) is 1.00. The Morgan fingerprint density at radius 2 is 2.33 bits per heavy atom. The van der Waals surface area contributed by atoms with Gasteiger partial charge >= 0.3 is 0 Å². The molecule has 1 N–H and O–H groups in total. The van der Waals surface area contributed by atoms with Crippen molar-refractivity contribution in [3.05, 3.63) is 0 Å². The standard InChI is InChI=1S/C12H24N2O/c1-2-14-7-3-5-11(10-14)9-12-13-6-4-8-15-12/h11-13H,2-10H2,1H3. The lowest BCUT2D eigenvalue weighted by Gasteiger charge is -2.34. The van der Waals surface area contributed by atoms with E-state index in [0.717, 1.165) is 19.1 Å². The summed E-state index contributed by atoms with van der Waals surface area (Å²) in [6, 6.07) is 0. The number of nitrogens with one attached hydrogen (secondary N) is 1. The highest BCUT2D eigenvalue weighted by molar-refractivity contribution is 4.75. The molecule has 2 heterocycles. The Bertz CT molecular complexity index is 180. The van der Waals surface area contributed by atoms with Crippen LogP contribution in [0.1, 0.15) is 32.6 Å². The Kier molecular flexibility index (Phi) is 4.42. The number of likely N-dealkylation sites (tertiary alicyclic amines) is 1. The summed E-state index contributed by atoms with van der Waals surface area (Å²) >= 11 is 0. The van der Waals surface area contributed by atoms with E-state index in [1.807, 2.05) is 0 Å². The average molecular weight is 212 g/mol. The molecule has 0 radical (unpaired) electrons. The minimum absolute atomic E-state index is 0.334. The second-order valence-electron chi connectivity index (χ2n) is 4.80. The smallest absolute Gasteiger partial charge is 0.108 e. The second kappa shape index (κ2) is 5.83. The van der Waals surface area contributed by atoms with Crippen molar-refractivity contribution < 1.29 is 4.74 Å². The van der Waals surface area contributed by atoms with E-state index in [1.54, 1.807) is 0 Å². The van der Waals surface area contributed by atoms with Gasteiger partial charge in [-0.15, -0.1) is 0 Å². The number of hydrogen-bond acceptors (Lipinski definition) is 3. The van der Waals surface area contributed by atoms with Crippen LogP contribution in [0.25, 0.3) is 0 Å². The van der Waals surface area contributed by atoms with Gasteiger partial charge < -0.3 is 9.64 Å². The predicted molar refractivity (Wildman–Crippen MR) is 61.8 cm³/mol. The zero-order chi connectivity index (χ0) is 10.5. The van der Waals surface area contributed by atoms with Crippen LogP contribution in [0.4, 0.5) is 0 Å². The van der Waals surface area contributed by atoms with E-state index in [0.29, 0.717) is 6.23 Å². The molecule has 0 aromatic heterocycles. The first-order chi connectivity index (χ1) is 7.38. The molecule has 0 amide bonds. The van der Waals surface area contributed by atoms with Gasteiger partial charge in [0, 0.05) is 13.2 Å². The minimum atomic E-state index is 0.334. The summed E-state index contributed by atoms with van der Waals surface area (Å²) in [4.78, 5) is 2.57. The molecule has 0 bridgehead atoms. The van der Waals surface area contributed by atoms with Crippen LogP contribution in [0.3, 0.4) is 0 Å². The van der Waals surface area contributed by atoms with E-state index in [4.69, 9.17) is 4.74 Å². The van der Waals surface area contributed by atoms with Crippen LogP contribution >= 0.6 is 0 Å². The molecule has 2 rings (SSSR count). The zero-order valence-corrected chi connectivity index (χ0v) is 9.87. The molecule has 2 aliphatic heterocycles. The SMILES string of the molecule is CCN1CCCC(CC2NCCCO2)C1. The van der Waals surface area contributed by atoms with Crippen LogP contribution < -0.4 is 5.32 Å². The summed E-state index contributed by atoms with van der Waals surface area (Å²) in [5.41, 5.74) is 0. The second-order valence-corrected chi connectivity index (χ2v) is 4.80. The maximum Gasteiger partial charge on any atom is 0.108 e. The first-order valence-electron chi connectivity index (χ1n) is 6.46. The van der Waals surface area contributed by atoms with Gasteiger partial charge in [-0.3, -0.25) is 5.32 Å². The summed E-state index contributed by atoms with van der Waals surface area (Å²) in [6.45, 7) is 8.12. The summed E-state index contributed by atoms with van der Waals surface area (Å²) in [7, 11) is 0. The predicted octanol–water partition coefficient (Wildman–Crippen LogP) is 1.44. The van der Waals surface area contributed by atoms with Crippen molar-refractivity contribution in [1.29, 1.82) is 0 Å². The molecule has 2 unspecified atom stereocenters. The minimum Gasteiger partial charge on any atom is -0.363 e. The van der Waals surface area contributed by atoms with E-state index in [2.05, 4.69) is 17.1 Å². The molecule has 3 nitrogen and oxygen atoms in total. The molecule has 2 aliphatic rings. The molecular weight excluding hydrogens is 188 g/mol. The van der Waals surface area contributed by atoms with Crippen LogP contribution in [0.5, 0.6) is 0 Å². The summed E-state index contributed by atoms with van der Waals surface area (Å²) in [5, 5.41) is 3.46. The highest BCUT2D eigenvalue weighted by atomic mass is 16.5. The maximum absolute atomic E-state index is 5.72. The highest BCUT2D eigenvalue weighted by Gasteiger charge is 2.23. The van der Waals surface area contributed by atoms with Gasteiger partial charge in [-0.2, -0.15) is 0 Å². The van der Waals surface area contributed by atoms with Crippen LogP contribution in [0.15, 0.2) is 0 Å². The normalized spacial score (nSPS) is 34.2. The van der Waals surface area contributed by atoms with Crippen molar-refractivity contribution in [3.63, 3.8) is 0 Å². The summed E-state index contributed by atoms with van der Waals surface area (Å²) in [5.74, 6) is 0.842. The Hall–Kier alpha value is -0.120. The van der Waals surface area contributed by atoms with E-state index in [1.165, 1.54) is 45.3 Å². The topological polar surface area (TPSA) is 24.5 Å². The quantitative estimate of drug-likeness (QED) is 0.766.